The molecule has 1 aliphatic rings. The molecule has 0 spiro atoms. The van der Waals surface area contributed by atoms with Crippen molar-refractivity contribution < 1.29 is 4.92 Å². The SMILES string of the molecule is O=[N+]([O-])c1ccc(NC2CCCCNC2)c2ncccc12. The highest BCUT2D eigenvalue weighted by molar-refractivity contribution is 5.96. The first-order chi connectivity index (χ1) is 10.3. The first-order valence-corrected chi connectivity index (χ1v) is 7.25. The molecule has 0 radical (unpaired) electrons. The van der Waals surface area contributed by atoms with Crippen molar-refractivity contribution in [3.63, 3.8) is 0 Å². The number of nitro benzene ring substituents is 1. The highest BCUT2D eigenvalue weighted by Crippen LogP contribution is 2.30. The summed E-state index contributed by atoms with van der Waals surface area (Å²) in [7, 11) is 0. The van der Waals surface area contributed by atoms with E-state index in [9.17, 15) is 10.1 Å². The minimum atomic E-state index is -0.360. The lowest BCUT2D eigenvalue weighted by molar-refractivity contribution is -0.383. The third-order valence-electron chi connectivity index (χ3n) is 3.85. The van der Waals surface area contributed by atoms with Gasteiger partial charge in [-0.25, -0.2) is 0 Å². The summed E-state index contributed by atoms with van der Waals surface area (Å²) in [4.78, 5) is 15.1. The van der Waals surface area contributed by atoms with Crippen LogP contribution in [0.5, 0.6) is 0 Å². The van der Waals surface area contributed by atoms with E-state index >= 15 is 0 Å². The van der Waals surface area contributed by atoms with E-state index in [1.165, 1.54) is 12.8 Å². The zero-order valence-electron chi connectivity index (χ0n) is 11.7. The Bertz CT molecular complexity index is 651. The maximum Gasteiger partial charge on any atom is 0.278 e. The number of pyridine rings is 1. The second-order valence-corrected chi connectivity index (χ2v) is 5.33. The van der Waals surface area contributed by atoms with E-state index in [0.717, 1.165) is 25.2 Å². The molecule has 0 aliphatic carbocycles. The quantitative estimate of drug-likeness (QED) is 0.670. The lowest BCUT2D eigenvalue weighted by Crippen LogP contribution is -2.31. The molecule has 1 aromatic carbocycles. The van der Waals surface area contributed by atoms with Crippen molar-refractivity contribution >= 4 is 22.3 Å². The summed E-state index contributed by atoms with van der Waals surface area (Å²) in [5, 5.41) is 18.6. The van der Waals surface area contributed by atoms with Gasteiger partial charge in [-0.05, 0) is 37.6 Å². The van der Waals surface area contributed by atoms with Gasteiger partial charge >= 0.3 is 0 Å². The highest BCUT2D eigenvalue weighted by atomic mass is 16.6. The van der Waals surface area contributed by atoms with Crippen molar-refractivity contribution in [2.45, 2.75) is 25.3 Å². The monoisotopic (exact) mass is 286 g/mol. The van der Waals surface area contributed by atoms with Gasteiger partial charge in [0.05, 0.1) is 16.0 Å². The smallest absolute Gasteiger partial charge is 0.278 e. The normalized spacial score (nSPS) is 19.1. The van der Waals surface area contributed by atoms with Gasteiger partial charge in [-0.3, -0.25) is 15.1 Å². The largest absolute Gasteiger partial charge is 0.379 e. The van der Waals surface area contributed by atoms with Gasteiger partial charge in [0.15, 0.2) is 0 Å². The number of nitrogens with zero attached hydrogens (tertiary/aromatic N) is 2. The Balaban J connectivity index is 1.95. The molecule has 1 aromatic heterocycles. The number of aromatic nitrogens is 1. The van der Waals surface area contributed by atoms with Gasteiger partial charge in [0.1, 0.15) is 5.52 Å². The van der Waals surface area contributed by atoms with E-state index in [4.69, 9.17) is 0 Å². The molecule has 1 fully saturated rings. The van der Waals surface area contributed by atoms with Crippen LogP contribution in [0, 0.1) is 10.1 Å². The van der Waals surface area contributed by atoms with Gasteiger partial charge < -0.3 is 10.6 Å². The number of benzene rings is 1. The Labute approximate surface area is 122 Å². The Hall–Kier alpha value is -2.21. The van der Waals surface area contributed by atoms with Gasteiger partial charge in [-0.15, -0.1) is 0 Å². The lowest BCUT2D eigenvalue weighted by Gasteiger charge is -2.18. The van der Waals surface area contributed by atoms with Crippen LogP contribution in [0.2, 0.25) is 0 Å². The van der Waals surface area contributed by atoms with Gasteiger partial charge in [0.25, 0.3) is 5.69 Å². The van der Waals surface area contributed by atoms with Crippen molar-refractivity contribution in [2.75, 3.05) is 18.4 Å². The molecule has 6 heteroatoms. The summed E-state index contributed by atoms with van der Waals surface area (Å²) in [6.45, 7) is 1.96. The minimum absolute atomic E-state index is 0.0997. The standard InChI is InChI=1S/C15H18N4O2/c20-19(21)14-7-6-13(15-12(14)5-3-9-17-15)18-11-4-1-2-8-16-10-11/h3,5-7,9,11,16,18H,1-2,4,8,10H2. The van der Waals surface area contributed by atoms with Crippen molar-refractivity contribution in [3.8, 4) is 0 Å². The summed E-state index contributed by atoms with van der Waals surface area (Å²) < 4.78 is 0. The molecule has 0 bridgehead atoms. The van der Waals surface area contributed by atoms with E-state index in [1.807, 2.05) is 0 Å². The second kappa shape index (κ2) is 6.05. The fraction of sp³-hybridized carbons (Fsp3) is 0.400. The van der Waals surface area contributed by atoms with Gasteiger partial charge in [0, 0.05) is 24.8 Å². The molecule has 0 amide bonds. The Morgan fingerprint density at radius 1 is 1.33 bits per heavy atom. The number of rotatable bonds is 3. The van der Waals surface area contributed by atoms with Gasteiger partial charge in [-0.1, -0.05) is 6.42 Å². The number of fused-ring (bicyclic) bond motifs is 1. The fourth-order valence-electron chi connectivity index (χ4n) is 2.80. The summed E-state index contributed by atoms with van der Waals surface area (Å²) >= 11 is 0. The first kappa shape index (κ1) is 13.8. The van der Waals surface area contributed by atoms with Crippen LogP contribution < -0.4 is 10.6 Å². The number of nitrogens with one attached hydrogen (secondary N) is 2. The second-order valence-electron chi connectivity index (χ2n) is 5.33. The van der Waals surface area contributed by atoms with E-state index in [-0.39, 0.29) is 10.6 Å². The number of non-ortho nitro benzene ring substituents is 1. The number of hydrogen-bond donors (Lipinski definition) is 2. The van der Waals surface area contributed by atoms with Crippen molar-refractivity contribution in [1.82, 2.24) is 10.3 Å². The van der Waals surface area contributed by atoms with Crippen molar-refractivity contribution in [2.24, 2.45) is 0 Å². The molecule has 2 heterocycles. The molecule has 1 unspecified atom stereocenters. The predicted octanol–water partition coefficient (Wildman–Crippen LogP) is 2.70. The third kappa shape index (κ3) is 2.95. The molecule has 1 saturated heterocycles. The molecule has 21 heavy (non-hydrogen) atoms. The van der Waals surface area contributed by atoms with Crippen LogP contribution in [0.15, 0.2) is 30.5 Å². The van der Waals surface area contributed by atoms with Crippen LogP contribution in [0.4, 0.5) is 11.4 Å². The zero-order chi connectivity index (χ0) is 14.7. The average Bonchev–Trinajstić information content (AvgIpc) is 2.76. The van der Waals surface area contributed by atoms with E-state index in [1.54, 1.807) is 30.5 Å². The molecule has 2 aromatic rings. The van der Waals surface area contributed by atoms with Crippen molar-refractivity contribution in [1.29, 1.82) is 0 Å². The topological polar surface area (TPSA) is 80.1 Å². The fourth-order valence-corrected chi connectivity index (χ4v) is 2.80. The summed E-state index contributed by atoms with van der Waals surface area (Å²) in [5.74, 6) is 0. The number of anilines is 1. The molecule has 3 rings (SSSR count). The molecule has 2 N–H and O–H groups in total. The Kier molecular flexibility index (Phi) is 3.96. The maximum absolute atomic E-state index is 11.1. The lowest BCUT2D eigenvalue weighted by atomic mass is 10.1. The summed E-state index contributed by atoms with van der Waals surface area (Å²) in [6.07, 6.45) is 5.14. The predicted molar refractivity (Wildman–Crippen MR) is 82.5 cm³/mol. The first-order valence-electron chi connectivity index (χ1n) is 7.25. The molecule has 1 aliphatic heterocycles. The number of nitro groups is 1. The van der Waals surface area contributed by atoms with Gasteiger partial charge in [-0.2, -0.15) is 0 Å². The molecule has 1 atom stereocenters. The van der Waals surface area contributed by atoms with E-state index < -0.39 is 0 Å². The minimum Gasteiger partial charge on any atom is -0.379 e. The van der Waals surface area contributed by atoms with E-state index in [2.05, 4.69) is 15.6 Å². The third-order valence-corrected chi connectivity index (χ3v) is 3.85. The van der Waals surface area contributed by atoms with Crippen LogP contribution in [0.1, 0.15) is 19.3 Å². The molecule has 110 valence electrons. The van der Waals surface area contributed by atoms with Crippen LogP contribution in [0.25, 0.3) is 10.9 Å². The van der Waals surface area contributed by atoms with E-state index in [0.29, 0.717) is 16.9 Å². The Morgan fingerprint density at radius 3 is 3.10 bits per heavy atom. The van der Waals surface area contributed by atoms with Crippen LogP contribution in [0.3, 0.4) is 0 Å². The Morgan fingerprint density at radius 2 is 2.24 bits per heavy atom. The molecular formula is C15H18N4O2. The van der Waals surface area contributed by atoms with Crippen LogP contribution in [-0.4, -0.2) is 29.0 Å². The van der Waals surface area contributed by atoms with Crippen LogP contribution >= 0.6 is 0 Å². The van der Waals surface area contributed by atoms with Gasteiger partial charge in [0.2, 0.25) is 0 Å². The maximum atomic E-state index is 11.1. The molecule has 6 nitrogen and oxygen atoms in total. The molecular weight excluding hydrogens is 268 g/mol. The van der Waals surface area contributed by atoms with Crippen LogP contribution in [-0.2, 0) is 0 Å². The number of hydrogen-bond acceptors (Lipinski definition) is 5. The summed E-state index contributed by atoms with van der Waals surface area (Å²) in [5.41, 5.74) is 1.63. The molecule has 0 saturated carbocycles. The summed E-state index contributed by atoms with van der Waals surface area (Å²) in [6, 6.07) is 7.12. The average molecular weight is 286 g/mol. The zero-order valence-corrected chi connectivity index (χ0v) is 11.7. The van der Waals surface area contributed by atoms with Crippen molar-refractivity contribution in [3.05, 3.63) is 40.6 Å². The highest BCUT2D eigenvalue weighted by Gasteiger charge is 2.17.